The molecule has 0 atom stereocenters. The predicted octanol–water partition coefficient (Wildman–Crippen LogP) is 5.56. The van der Waals surface area contributed by atoms with Crippen LogP contribution in [0.5, 0.6) is 17.2 Å². The summed E-state index contributed by atoms with van der Waals surface area (Å²) in [5.41, 5.74) is -0.297. The van der Waals surface area contributed by atoms with Gasteiger partial charge < -0.3 is 14.4 Å². The molecule has 3 aromatic carbocycles. The minimum atomic E-state index is -4.55. The second-order valence-electron chi connectivity index (χ2n) is 8.42. The van der Waals surface area contributed by atoms with Crippen molar-refractivity contribution < 1.29 is 31.1 Å². The Morgan fingerprint density at radius 3 is 2.27 bits per heavy atom. The van der Waals surface area contributed by atoms with E-state index in [0.29, 0.717) is 27.9 Å². The predicted molar refractivity (Wildman–Crippen MR) is 132 cm³/mol. The number of alkyl halides is 3. The second-order valence-corrected chi connectivity index (χ2v) is 10.8. The number of fused-ring (bicyclic) bond motifs is 2. The first kappa shape index (κ1) is 25.4. The molecule has 0 unspecified atom stereocenters. The third-order valence-electron chi connectivity index (χ3n) is 6.15. The maximum absolute atomic E-state index is 13.4. The summed E-state index contributed by atoms with van der Waals surface area (Å²) in [7, 11) is -2.24. The Balaban J connectivity index is 1.49. The van der Waals surface area contributed by atoms with Gasteiger partial charge in [-0.2, -0.15) is 17.5 Å². The third-order valence-corrected chi connectivity index (χ3v) is 8.31. The minimum absolute atomic E-state index is 0.0243. The second kappa shape index (κ2) is 9.55. The molecule has 12 heteroatoms. The molecule has 2 heterocycles. The molecule has 1 saturated heterocycles. The third kappa shape index (κ3) is 4.98. The van der Waals surface area contributed by atoms with Gasteiger partial charge in [-0.25, -0.2) is 13.4 Å². The molecular weight excluding hydrogens is 531 g/mol. The van der Waals surface area contributed by atoms with Gasteiger partial charge in [-0.1, -0.05) is 11.6 Å². The van der Waals surface area contributed by atoms with Gasteiger partial charge in [-0.3, -0.25) is 0 Å². The van der Waals surface area contributed by atoms with Gasteiger partial charge in [-0.15, -0.1) is 0 Å². The quantitative estimate of drug-likeness (QED) is 0.426. The Morgan fingerprint density at radius 2 is 1.62 bits per heavy atom. The van der Waals surface area contributed by atoms with Crippen LogP contribution in [0, 0.1) is 0 Å². The van der Waals surface area contributed by atoms with Crippen LogP contribution in [0.15, 0.2) is 70.6 Å². The highest BCUT2D eigenvalue weighted by Gasteiger charge is 2.34. The minimum Gasteiger partial charge on any atom is -0.497 e. The van der Waals surface area contributed by atoms with Gasteiger partial charge >= 0.3 is 6.18 Å². The number of piperazine rings is 1. The number of sulfonamides is 1. The number of amidine groups is 1. The van der Waals surface area contributed by atoms with E-state index < -0.39 is 21.8 Å². The van der Waals surface area contributed by atoms with Gasteiger partial charge in [0.2, 0.25) is 10.0 Å². The van der Waals surface area contributed by atoms with E-state index in [9.17, 15) is 21.6 Å². The summed E-state index contributed by atoms with van der Waals surface area (Å²) in [5, 5.41) is 0.431. The maximum Gasteiger partial charge on any atom is 0.416 e. The van der Waals surface area contributed by atoms with Crippen molar-refractivity contribution in [2.24, 2.45) is 4.99 Å². The van der Waals surface area contributed by atoms with E-state index in [1.165, 1.54) is 41.7 Å². The Bertz CT molecular complexity index is 1470. The van der Waals surface area contributed by atoms with E-state index in [1.54, 1.807) is 18.2 Å². The summed E-state index contributed by atoms with van der Waals surface area (Å²) in [6, 6.07) is 14.1. The molecule has 0 amide bonds. The lowest BCUT2D eigenvalue weighted by Crippen LogP contribution is -2.50. The van der Waals surface area contributed by atoms with Crippen molar-refractivity contribution in [3.05, 3.63) is 76.8 Å². The zero-order valence-corrected chi connectivity index (χ0v) is 21.1. The van der Waals surface area contributed by atoms with Gasteiger partial charge in [0.25, 0.3) is 0 Å². The summed E-state index contributed by atoms with van der Waals surface area (Å²) in [5.74, 6) is 1.46. The van der Waals surface area contributed by atoms with Crippen molar-refractivity contribution in [1.29, 1.82) is 0 Å². The number of methoxy groups -OCH3 is 1. The first-order valence-corrected chi connectivity index (χ1v) is 13.0. The van der Waals surface area contributed by atoms with Crippen LogP contribution in [-0.4, -0.2) is 56.7 Å². The Kier molecular flexibility index (Phi) is 6.55. The van der Waals surface area contributed by atoms with E-state index in [2.05, 4.69) is 4.99 Å². The molecule has 0 N–H and O–H groups in total. The number of benzene rings is 3. The number of hydrogen-bond acceptors (Lipinski definition) is 6. The van der Waals surface area contributed by atoms with Crippen LogP contribution in [0.25, 0.3) is 0 Å². The Hall–Kier alpha value is -3.28. The molecule has 194 valence electrons. The summed E-state index contributed by atoms with van der Waals surface area (Å²) >= 11 is 5.89. The van der Waals surface area contributed by atoms with Gasteiger partial charge in [-0.05, 0) is 60.7 Å². The average molecular weight is 552 g/mol. The zero-order chi connectivity index (χ0) is 26.4. The smallest absolute Gasteiger partial charge is 0.416 e. The molecule has 0 saturated carbocycles. The van der Waals surface area contributed by atoms with Crippen molar-refractivity contribution in [3.8, 4) is 17.2 Å². The molecular formula is C25H21ClF3N3O4S. The van der Waals surface area contributed by atoms with Crippen molar-refractivity contribution in [2.45, 2.75) is 11.1 Å². The molecule has 1 fully saturated rings. The highest BCUT2D eigenvalue weighted by atomic mass is 35.5. The summed E-state index contributed by atoms with van der Waals surface area (Å²) in [6.07, 6.45) is -4.55. The van der Waals surface area contributed by atoms with Crippen LogP contribution in [0.4, 0.5) is 18.9 Å². The fourth-order valence-electron chi connectivity index (χ4n) is 4.20. The lowest BCUT2D eigenvalue weighted by Gasteiger charge is -2.36. The van der Waals surface area contributed by atoms with E-state index in [1.807, 2.05) is 4.90 Å². The lowest BCUT2D eigenvalue weighted by atomic mass is 10.1. The molecule has 2 aliphatic rings. The van der Waals surface area contributed by atoms with E-state index in [4.69, 9.17) is 21.1 Å². The SMILES string of the molecule is COc1ccc2c(c1)C(N1CCN(S(=O)(=O)c3ccc(Cl)cc3)CC1)=Nc1cc(C(F)(F)F)ccc1O2. The summed E-state index contributed by atoms with van der Waals surface area (Å²) < 4.78 is 79.1. The van der Waals surface area contributed by atoms with Crippen LogP contribution in [-0.2, 0) is 16.2 Å². The first-order valence-electron chi connectivity index (χ1n) is 11.2. The molecule has 0 radical (unpaired) electrons. The molecule has 0 aromatic heterocycles. The fourth-order valence-corrected chi connectivity index (χ4v) is 5.75. The largest absolute Gasteiger partial charge is 0.497 e. The van der Waals surface area contributed by atoms with Crippen molar-refractivity contribution in [2.75, 3.05) is 33.3 Å². The van der Waals surface area contributed by atoms with E-state index >= 15 is 0 Å². The van der Waals surface area contributed by atoms with Crippen LogP contribution < -0.4 is 9.47 Å². The molecule has 3 aromatic rings. The monoisotopic (exact) mass is 551 g/mol. The zero-order valence-electron chi connectivity index (χ0n) is 19.5. The van der Waals surface area contributed by atoms with Gasteiger partial charge in [0, 0.05) is 31.2 Å². The maximum atomic E-state index is 13.4. The fraction of sp³-hybridized carbons (Fsp3) is 0.240. The molecule has 5 rings (SSSR count). The van der Waals surface area contributed by atoms with Gasteiger partial charge in [0.15, 0.2) is 5.75 Å². The summed E-state index contributed by atoms with van der Waals surface area (Å²) in [4.78, 5) is 6.56. The molecule has 0 spiro atoms. The van der Waals surface area contributed by atoms with Crippen molar-refractivity contribution in [1.82, 2.24) is 9.21 Å². The standard InChI is InChI=1S/C25H21ClF3N3O4S/c1-35-18-5-9-22-20(15-18)24(30-21-14-16(25(27,28)29)2-8-23(21)36-22)31-10-12-32(13-11-31)37(33,34)19-6-3-17(26)4-7-19/h2-9,14-15H,10-13H2,1H3. The van der Waals surface area contributed by atoms with Crippen molar-refractivity contribution in [3.63, 3.8) is 0 Å². The highest BCUT2D eigenvalue weighted by molar-refractivity contribution is 7.89. The van der Waals surface area contributed by atoms with E-state index in [-0.39, 0.29) is 42.5 Å². The molecule has 0 bridgehead atoms. The number of aliphatic imine (C=N–C) groups is 1. The molecule has 37 heavy (non-hydrogen) atoms. The molecule has 2 aliphatic heterocycles. The lowest BCUT2D eigenvalue weighted by molar-refractivity contribution is -0.137. The van der Waals surface area contributed by atoms with Crippen LogP contribution in [0.1, 0.15) is 11.1 Å². The van der Waals surface area contributed by atoms with Crippen LogP contribution >= 0.6 is 11.6 Å². The van der Waals surface area contributed by atoms with E-state index in [0.717, 1.165) is 12.1 Å². The van der Waals surface area contributed by atoms with Crippen LogP contribution in [0.3, 0.4) is 0 Å². The topological polar surface area (TPSA) is 71.4 Å². The number of nitrogens with zero attached hydrogens (tertiary/aromatic N) is 3. The molecule has 7 nitrogen and oxygen atoms in total. The number of rotatable bonds is 3. The summed E-state index contributed by atoms with van der Waals surface area (Å²) in [6.45, 7) is 0.826. The molecule has 0 aliphatic carbocycles. The van der Waals surface area contributed by atoms with Crippen LogP contribution in [0.2, 0.25) is 5.02 Å². The average Bonchev–Trinajstić information content (AvgIpc) is 3.04. The number of ether oxygens (including phenoxy) is 2. The highest BCUT2D eigenvalue weighted by Crippen LogP contribution is 2.42. The van der Waals surface area contributed by atoms with Crippen molar-refractivity contribution >= 4 is 33.1 Å². The number of halogens is 4. The first-order chi connectivity index (χ1) is 17.6. The van der Waals surface area contributed by atoms with Gasteiger partial charge in [0.1, 0.15) is 23.0 Å². The Labute approximate surface area is 216 Å². The number of hydrogen-bond donors (Lipinski definition) is 0. The van der Waals surface area contributed by atoms with Gasteiger partial charge in [0.05, 0.1) is 23.1 Å². The normalized spacial score (nSPS) is 16.2. The Morgan fingerprint density at radius 1 is 0.946 bits per heavy atom.